The lowest BCUT2D eigenvalue weighted by Gasteiger charge is -2.15. The molecule has 1 fully saturated rings. The van der Waals surface area contributed by atoms with E-state index >= 15 is 0 Å². The lowest BCUT2D eigenvalue weighted by molar-refractivity contribution is 0.129. The van der Waals surface area contributed by atoms with Crippen LogP contribution < -0.4 is 4.72 Å². The van der Waals surface area contributed by atoms with Crippen LogP contribution in [0.2, 0.25) is 0 Å². The topological polar surface area (TPSA) is 58.6 Å². The lowest BCUT2D eigenvalue weighted by atomic mass is 10.4. The Balaban J connectivity index is 2.05. The molecule has 1 N–H and O–H groups in total. The third kappa shape index (κ3) is 5.81. The summed E-state index contributed by atoms with van der Waals surface area (Å²) in [6.45, 7) is 5.29. The van der Waals surface area contributed by atoms with Crippen molar-refractivity contribution >= 4 is 10.2 Å². The van der Waals surface area contributed by atoms with Crippen molar-refractivity contribution in [3.8, 4) is 0 Å². The minimum absolute atomic E-state index is 0.463. The third-order valence-electron chi connectivity index (χ3n) is 2.80. The van der Waals surface area contributed by atoms with Gasteiger partial charge in [0.05, 0.1) is 0 Å². The predicted molar refractivity (Wildman–Crippen MR) is 68.1 cm³/mol. The summed E-state index contributed by atoms with van der Waals surface area (Å²) >= 11 is 0. The standard InChI is InChI=1S/C11H24N2O3S/c1-2-3-10-16-11-6-7-12-17(14,15)13-8-4-5-9-13/h12H,2-11H2,1H3. The molecule has 0 aliphatic carbocycles. The number of hydrogen-bond acceptors (Lipinski definition) is 3. The van der Waals surface area contributed by atoms with E-state index in [1.807, 2.05) is 0 Å². The van der Waals surface area contributed by atoms with Crippen LogP contribution in [0, 0.1) is 0 Å². The van der Waals surface area contributed by atoms with Crippen LogP contribution in [-0.2, 0) is 14.9 Å². The van der Waals surface area contributed by atoms with Gasteiger partial charge in [0.2, 0.25) is 0 Å². The molecule has 0 radical (unpaired) electrons. The highest BCUT2D eigenvalue weighted by Gasteiger charge is 2.24. The molecule has 6 heteroatoms. The van der Waals surface area contributed by atoms with Gasteiger partial charge in [-0.1, -0.05) is 13.3 Å². The first kappa shape index (κ1) is 14.9. The van der Waals surface area contributed by atoms with Crippen molar-refractivity contribution in [2.24, 2.45) is 0 Å². The Hall–Kier alpha value is -0.170. The number of nitrogens with zero attached hydrogens (tertiary/aromatic N) is 1. The first-order valence-corrected chi connectivity index (χ1v) is 7.93. The van der Waals surface area contributed by atoms with E-state index in [4.69, 9.17) is 4.74 Å². The summed E-state index contributed by atoms with van der Waals surface area (Å²) in [4.78, 5) is 0. The number of unbranched alkanes of at least 4 members (excludes halogenated alkanes) is 1. The van der Waals surface area contributed by atoms with Crippen LogP contribution in [0.5, 0.6) is 0 Å². The van der Waals surface area contributed by atoms with Crippen molar-refractivity contribution in [2.75, 3.05) is 32.8 Å². The van der Waals surface area contributed by atoms with Crippen molar-refractivity contribution in [3.63, 3.8) is 0 Å². The van der Waals surface area contributed by atoms with Gasteiger partial charge in [0, 0.05) is 32.8 Å². The van der Waals surface area contributed by atoms with Crippen LogP contribution in [0.15, 0.2) is 0 Å². The summed E-state index contributed by atoms with van der Waals surface area (Å²) < 4.78 is 33.0. The number of nitrogens with one attached hydrogen (secondary N) is 1. The zero-order valence-corrected chi connectivity index (χ0v) is 11.5. The van der Waals surface area contributed by atoms with Gasteiger partial charge < -0.3 is 4.74 Å². The first-order valence-electron chi connectivity index (χ1n) is 6.49. The fourth-order valence-corrected chi connectivity index (χ4v) is 3.07. The number of ether oxygens (including phenoxy) is 1. The van der Waals surface area contributed by atoms with Gasteiger partial charge in [-0.05, 0) is 25.7 Å². The fourth-order valence-electron chi connectivity index (χ4n) is 1.74. The van der Waals surface area contributed by atoms with Gasteiger partial charge >= 0.3 is 0 Å². The van der Waals surface area contributed by atoms with Crippen molar-refractivity contribution in [3.05, 3.63) is 0 Å². The zero-order chi connectivity index (χ0) is 12.6. The normalized spacial score (nSPS) is 17.7. The molecule has 1 rings (SSSR count). The van der Waals surface area contributed by atoms with E-state index in [0.29, 0.717) is 26.2 Å². The Bertz CT molecular complexity index is 287. The largest absolute Gasteiger partial charge is 0.381 e. The molecule has 0 atom stereocenters. The Labute approximate surface area is 105 Å². The van der Waals surface area contributed by atoms with Crippen LogP contribution in [0.1, 0.15) is 39.0 Å². The lowest BCUT2D eigenvalue weighted by Crippen LogP contribution is -2.39. The Kier molecular flexibility index (Phi) is 7.03. The summed E-state index contributed by atoms with van der Waals surface area (Å²) in [6, 6.07) is 0. The van der Waals surface area contributed by atoms with E-state index in [1.54, 1.807) is 0 Å². The average Bonchev–Trinajstić information content (AvgIpc) is 2.82. The molecule has 0 aromatic heterocycles. The maximum atomic E-state index is 11.7. The molecule has 17 heavy (non-hydrogen) atoms. The number of rotatable bonds is 9. The van der Waals surface area contributed by atoms with Crippen molar-refractivity contribution < 1.29 is 13.2 Å². The Morgan fingerprint density at radius 1 is 1.18 bits per heavy atom. The van der Waals surface area contributed by atoms with Crippen molar-refractivity contribution in [2.45, 2.75) is 39.0 Å². The molecule has 102 valence electrons. The summed E-state index contributed by atoms with van der Waals surface area (Å²) in [7, 11) is -3.23. The van der Waals surface area contributed by atoms with Crippen molar-refractivity contribution in [1.29, 1.82) is 0 Å². The van der Waals surface area contributed by atoms with Crippen LogP contribution in [0.4, 0.5) is 0 Å². The minimum Gasteiger partial charge on any atom is -0.381 e. The highest BCUT2D eigenvalue weighted by molar-refractivity contribution is 7.87. The molecule has 0 aromatic rings. The Morgan fingerprint density at radius 3 is 2.47 bits per heavy atom. The monoisotopic (exact) mass is 264 g/mol. The molecule has 1 aliphatic rings. The average molecular weight is 264 g/mol. The van der Waals surface area contributed by atoms with Gasteiger partial charge in [0.1, 0.15) is 0 Å². The fraction of sp³-hybridized carbons (Fsp3) is 1.00. The second kappa shape index (κ2) is 8.02. The highest BCUT2D eigenvalue weighted by Crippen LogP contribution is 2.10. The SMILES string of the molecule is CCCCOCCCNS(=O)(=O)N1CCCC1. The van der Waals surface area contributed by atoms with Crippen molar-refractivity contribution in [1.82, 2.24) is 9.03 Å². The minimum atomic E-state index is -3.23. The van der Waals surface area contributed by atoms with E-state index in [2.05, 4.69) is 11.6 Å². The summed E-state index contributed by atoms with van der Waals surface area (Å²) in [5, 5.41) is 0. The molecule has 0 bridgehead atoms. The van der Waals surface area contributed by atoms with Gasteiger partial charge in [0.15, 0.2) is 0 Å². The van der Waals surface area contributed by atoms with Gasteiger partial charge in [-0.15, -0.1) is 0 Å². The quantitative estimate of drug-likeness (QED) is 0.635. The molecule has 1 heterocycles. The maximum absolute atomic E-state index is 11.7. The summed E-state index contributed by atoms with van der Waals surface area (Å²) in [5.41, 5.74) is 0. The first-order chi connectivity index (χ1) is 8.17. The van der Waals surface area contributed by atoms with E-state index in [0.717, 1.165) is 38.7 Å². The van der Waals surface area contributed by atoms with Crippen LogP contribution in [-0.4, -0.2) is 45.6 Å². The van der Waals surface area contributed by atoms with E-state index in [-0.39, 0.29) is 0 Å². The number of hydrogen-bond donors (Lipinski definition) is 1. The van der Waals surface area contributed by atoms with Gasteiger partial charge in [-0.25, -0.2) is 4.72 Å². The van der Waals surface area contributed by atoms with Gasteiger partial charge in [-0.2, -0.15) is 12.7 Å². The molecule has 0 aromatic carbocycles. The summed E-state index contributed by atoms with van der Waals surface area (Å²) in [5.74, 6) is 0. The second-order valence-electron chi connectivity index (χ2n) is 4.33. The van der Waals surface area contributed by atoms with Crippen LogP contribution in [0.25, 0.3) is 0 Å². The molecule has 0 saturated carbocycles. The summed E-state index contributed by atoms with van der Waals surface area (Å²) in [6.07, 6.45) is 4.87. The Morgan fingerprint density at radius 2 is 1.82 bits per heavy atom. The molecule has 1 aliphatic heterocycles. The third-order valence-corrected chi connectivity index (χ3v) is 4.41. The molecule has 5 nitrogen and oxygen atoms in total. The molecule has 0 amide bonds. The molecule has 1 saturated heterocycles. The predicted octanol–water partition coefficient (Wildman–Crippen LogP) is 1.12. The zero-order valence-electron chi connectivity index (χ0n) is 10.7. The smallest absolute Gasteiger partial charge is 0.279 e. The second-order valence-corrected chi connectivity index (χ2v) is 6.08. The van der Waals surface area contributed by atoms with Gasteiger partial charge in [-0.3, -0.25) is 0 Å². The maximum Gasteiger partial charge on any atom is 0.279 e. The van der Waals surface area contributed by atoms with Crippen LogP contribution >= 0.6 is 0 Å². The molecular formula is C11H24N2O3S. The van der Waals surface area contributed by atoms with E-state index in [9.17, 15) is 8.42 Å². The highest BCUT2D eigenvalue weighted by atomic mass is 32.2. The molecular weight excluding hydrogens is 240 g/mol. The van der Waals surface area contributed by atoms with Gasteiger partial charge in [0.25, 0.3) is 10.2 Å². The van der Waals surface area contributed by atoms with E-state index < -0.39 is 10.2 Å². The molecule has 0 spiro atoms. The van der Waals surface area contributed by atoms with E-state index in [1.165, 1.54) is 4.31 Å². The van der Waals surface area contributed by atoms with Crippen LogP contribution in [0.3, 0.4) is 0 Å². The molecule has 0 unspecified atom stereocenters.